The minimum Gasteiger partial charge on any atom is -0.339 e. The zero-order valence-corrected chi connectivity index (χ0v) is 22.6. The van der Waals surface area contributed by atoms with Crippen LogP contribution in [0.25, 0.3) is 10.9 Å². The van der Waals surface area contributed by atoms with Crippen LogP contribution >= 0.6 is 0 Å². The topological polar surface area (TPSA) is 78.4 Å². The van der Waals surface area contributed by atoms with Crippen molar-refractivity contribution in [1.29, 1.82) is 0 Å². The van der Waals surface area contributed by atoms with Gasteiger partial charge in [0.15, 0.2) is 0 Å². The number of hydrogen-bond acceptors (Lipinski definition) is 6. The molecule has 1 N–H and O–H groups in total. The van der Waals surface area contributed by atoms with Crippen LogP contribution in [0.15, 0.2) is 71.6 Å². The van der Waals surface area contributed by atoms with Gasteiger partial charge in [-0.05, 0) is 63.1 Å². The number of aromatic nitrogens is 2. The molecular formula is C29H33N5O2S. The molecule has 1 fully saturated rings. The number of sulfonamides is 1. The van der Waals surface area contributed by atoms with E-state index in [-0.39, 0.29) is 6.04 Å². The highest BCUT2D eigenvalue weighted by Gasteiger charge is 2.31. The third-order valence-electron chi connectivity index (χ3n) is 7.20. The highest BCUT2D eigenvalue weighted by Crippen LogP contribution is 2.30. The van der Waals surface area contributed by atoms with E-state index in [9.17, 15) is 8.42 Å². The summed E-state index contributed by atoms with van der Waals surface area (Å²) < 4.78 is 27.9. The fourth-order valence-electron chi connectivity index (χ4n) is 4.86. The van der Waals surface area contributed by atoms with Crippen LogP contribution in [0.2, 0.25) is 0 Å². The van der Waals surface area contributed by atoms with Gasteiger partial charge in [0.25, 0.3) is 0 Å². The van der Waals surface area contributed by atoms with E-state index in [0.717, 1.165) is 44.9 Å². The number of anilines is 2. The molecule has 0 aliphatic carbocycles. The number of piperazine rings is 1. The maximum absolute atomic E-state index is 13.1. The summed E-state index contributed by atoms with van der Waals surface area (Å²) in [5.74, 6) is 1.51. The van der Waals surface area contributed by atoms with Crippen molar-refractivity contribution < 1.29 is 8.42 Å². The van der Waals surface area contributed by atoms with Crippen molar-refractivity contribution in [1.82, 2.24) is 19.2 Å². The second-order valence-electron chi connectivity index (χ2n) is 9.77. The van der Waals surface area contributed by atoms with Crippen molar-refractivity contribution in [2.45, 2.75) is 38.6 Å². The first-order valence-corrected chi connectivity index (χ1v) is 14.1. The Morgan fingerprint density at radius 2 is 1.46 bits per heavy atom. The SMILES string of the molecule is Cc1ccc(S(=O)(=O)N2CCN([C@@H](C)c3nc(Nc4c(C)cccc4C)c4ccccc4n3)CC2)cc1. The van der Waals surface area contributed by atoms with Gasteiger partial charge >= 0.3 is 0 Å². The molecule has 1 aliphatic rings. The Kier molecular flexibility index (Phi) is 6.98. The smallest absolute Gasteiger partial charge is 0.243 e. The molecular weight excluding hydrogens is 482 g/mol. The first-order valence-electron chi connectivity index (χ1n) is 12.6. The van der Waals surface area contributed by atoms with Gasteiger partial charge in [-0.2, -0.15) is 4.31 Å². The lowest BCUT2D eigenvalue weighted by atomic mass is 10.1. The molecule has 1 aliphatic heterocycles. The van der Waals surface area contributed by atoms with Crippen LogP contribution in [0.4, 0.5) is 11.5 Å². The van der Waals surface area contributed by atoms with Crippen LogP contribution in [-0.2, 0) is 10.0 Å². The summed E-state index contributed by atoms with van der Waals surface area (Å²) in [6.45, 7) is 10.3. The van der Waals surface area contributed by atoms with E-state index in [1.54, 1.807) is 16.4 Å². The highest BCUT2D eigenvalue weighted by atomic mass is 32.2. The van der Waals surface area contributed by atoms with Gasteiger partial charge in [0.2, 0.25) is 10.0 Å². The Hall–Kier alpha value is -3.33. The molecule has 192 valence electrons. The van der Waals surface area contributed by atoms with Crippen molar-refractivity contribution in [3.05, 3.63) is 89.2 Å². The van der Waals surface area contributed by atoms with Gasteiger partial charge in [-0.1, -0.05) is 48.0 Å². The van der Waals surface area contributed by atoms with Crippen molar-refractivity contribution in [3.8, 4) is 0 Å². The van der Waals surface area contributed by atoms with Crippen molar-refractivity contribution >= 4 is 32.4 Å². The van der Waals surface area contributed by atoms with E-state index in [1.807, 2.05) is 43.3 Å². The highest BCUT2D eigenvalue weighted by molar-refractivity contribution is 7.89. The first-order chi connectivity index (χ1) is 17.7. The molecule has 4 aromatic rings. The standard InChI is InChI=1S/C29H33N5O2S/c1-20-12-14-24(15-13-20)37(35,36)34-18-16-33(17-19-34)23(4)28-30-26-11-6-5-10-25(26)29(32-28)31-27-21(2)8-7-9-22(27)3/h5-15,23H,16-19H2,1-4H3,(H,30,31,32)/t23-/m0/s1. The zero-order valence-electron chi connectivity index (χ0n) is 21.8. The molecule has 0 amide bonds. The summed E-state index contributed by atoms with van der Waals surface area (Å²) in [4.78, 5) is 12.5. The van der Waals surface area contributed by atoms with E-state index in [1.165, 1.54) is 0 Å². The lowest BCUT2D eigenvalue weighted by Gasteiger charge is -2.37. The van der Waals surface area contributed by atoms with E-state index < -0.39 is 10.0 Å². The van der Waals surface area contributed by atoms with Crippen LogP contribution in [0.1, 0.15) is 35.5 Å². The average molecular weight is 516 g/mol. The normalized spacial score (nSPS) is 16.1. The van der Waals surface area contributed by atoms with Crippen LogP contribution in [0.3, 0.4) is 0 Å². The summed E-state index contributed by atoms with van der Waals surface area (Å²) in [6.07, 6.45) is 0. The number of rotatable bonds is 6. The molecule has 5 rings (SSSR count). The van der Waals surface area contributed by atoms with Gasteiger partial charge in [-0.15, -0.1) is 0 Å². The zero-order chi connectivity index (χ0) is 26.2. The molecule has 0 saturated carbocycles. The van der Waals surface area contributed by atoms with E-state index in [4.69, 9.17) is 9.97 Å². The maximum atomic E-state index is 13.1. The fraction of sp³-hybridized carbons (Fsp3) is 0.310. The number of aryl methyl sites for hydroxylation is 3. The van der Waals surface area contributed by atoms with E-state index >= 15 is 0 Å². The number of fused-ring (bicyclic) bond motifs is 1. The Morgan fingerprint density at radius 3 is 2.14 bits per heavy atom. The molecule has 8 heteroatoms. The van der Waals surface area contributed by atoms with Crippen molar-refractivity contribution in [2.75, 3.05) is 31.5 Å². The van der Waals surface area contributed by atoms with Crippen molar-refractivity contribution in [3.63, 3.8) is 0 Å². The van der Waals surface area contributed by atoms with E-state index in [0.29, 0.717) is 31.1 Å². The lowest BCUT2D eigenvalue weighted by molar-refractivity contribution is 0.141. The van der Waals surface area contributed by atoms with Crippen LogP contribution in [0, 0.1) is 20.8 Å². The minimum atomic E-state index is -3.51. The molecule has 0 radical (unpaired) electrons. The molecule has 37 heavy (non-hydrogen) atoms. The summed E-state index contributed by atoms with van der Waals surface area (Å²) >= 11 is 0. The third kappa shape index (κ3) is 5.09. The predicted molar refractivity (Wildman–Crippen MR) is 149 cm³/mol. The monoisotopic (exact) mass is 515 g/mol. The largest absolute Gasteiger partial charge is 0.339 e. The van der Waals surface area contributed by atoms with Crippen LogP contribution in [-0.4, -0.2) is 53.8 Å². The summed E-state index contributed by atoms with van der Waals surface area (Å²) in [5, 5.41) is 4.54. The second-order valence-corrected chi connectivity index (χ2v) is 11.7. The van der Waals surface area contributed by atoms with Gasteiger partial charge in [-0.3, -0.25) is 4.90 Å². The number of para-hydroxylation sites is 2. The Labute approximate surface area is 219 Å². The summed E-state index contributed by atoms with van der Waals surface area (Å²) in [6, 6.07) is 21.3. The quantitative estimate of drug-likeness (QED) is 0.372. The first kappa shape index (κ1) is 25.3. The number of nitrogens with one attached hydrogen (secondary N) is 1. The molecule has 0 bridgehead atoms. The van der Waals surface area contributed by atoms with Crippen LogP contribution in [0.5, 0.6) is 0 Å². The molecule has 1 aromatic heterocycles. The predicted octanol–water partition coefficient (Wildman–Crippen LogP) is 5.37. The van der Waals surface area contributed by atoms with Gasteiger partial charge in [0.1, 0.15) is 11.6 Å². The maximum Gasteiger partial charge on any atom is 0.243 e. The Morgan fingerprint density at radius 1 is 0.811 bits per heavy atom. The second kappa shape index (κ2) is 10.2. The number of nitrogens with zero attached hydrogens (tertiary/aromatic N) is 4. The molecule has 7 nitrogen and oxygen atoms in total. The molecule has 0 spiro atoms. The molecule has 1 atom stereocenters. The molecule has 2 heterocycles. The minimum absolute atomic E-state index is 0.0626. The van der Waals surface area contributed by atoms with Gasteiger partial charge in [-0.25, -0.2) is 18.4 Å². The molecule has 1 saturated heterocycles. The van der Waals surface area contributed by atoms with Gasteiger partial charge < -0.3 is 5.32 Å². The molecule has 3 aromatic carbocycles. The van der Waals surface area contributed by atoms with E-state index in [2.05, 4.69) is 49.2 Å². The third-order valence-corrected chi connectivity index (χ3v) is 9.11. The van der Waals surface area contributed by atoms with Crippen molar-refractivity contribution in [2.24, 2.45) is 0 Å². The summed E-state index contributed by atoms with van der Waals surface area (Å²) in [5.41, 5.74) is 5.29. The Bertz CT molecular complexity index is 1510. The molecule has 0 unspecified atom stereocenters. The summed E-state index contributed by atoms with van der Waals surface area (Å²) in [7, 11) is -3.51. The number of benzene rings is 3. The number of hydrogen-bond donors (Lipinski definition) is 1. The van der Waals surface area contributed by atoms with Crippen LogP contribution < -0.4 is 5.32 Å². The lowest BCUT2D eigenvalue weighted by Crippen LogP contribution is -2.49. The average Bonchev–Trinajstić information content (AvgIpc) is 2.90. The Balaban J connectivity index is 1.38. The fourth-order valence-corrected chi connectivity index (χ4v) is 6.28. The van der Waals surface area contributed by atoms with Gasteiger partial charge in [0.05, 0.1) is 16.5 Å². The van der Waals surface area contributed by atoms with Gasteiger partial charge in [0, 0.05) is 37.3 Å².